The Balaban J connectivity index is 1.77. The standard InChI is InChI=1S/C27H36O3/c1-3-5-6-7-8-9-10-20-30-26-18-16-23(17-19-26)22-12-14-24(15-13-22)27(29)21-25(28)11-4-2/h12-19H,3-11,20-21H2,1-2H3. The second-order valence-corrected chi connectivity index (χ2v) is 7.96. The van der Waals surface area contributed by atoms with Crippen LogP contribution >= 0.6 is 0 Å². The number of ketones is 2. The van der Waals surface area contributed by atoms with Crippen molar-refractivity contribution in [3.8, 4) is 16.9 Å². The van der Waals surface area contributed by atoms with Gasteiger partial charge in [-0.1, -0.05) is 88.8 Å². The highest BCUT2D eigenvalue weighted by Gasteiger charge is 2.11. The average Bonchev–Trinajstić information content (AvgIpc) is 2.76. The summed E-state index contributed by atoms with van der Waals surface area (Å²) in [5, 5.41) is 0. The highest BCUT2D eigenvalue weighted by Crippen LogP contribution is 2.23. The molecule has 0 aromatic heterocycles. The third kappa shape index (κ3) is 8.52. The molecule has 0 aliphatic rings. The van der Waals surface area contributed by atoms with E-state index in [9.17, 15) is 9.59 Å². The molecule has 0 saturated carbocycles. The molecule has 0 spiro atoms. The van der Waals surface area contributed by atoms with Gasteiger partial charge < -0.3 is 4.74 Å². The number of hydrogen-bond acceptors (Lipinski definition) is 3. The summed E-state index contributed by atoms with van der Waals surface area (Å²) >= 11 is 0. The van der Waals surface area contributed by atoms with Crippen molar-refractivity contribution in [1.29, 1.82) is 0 Å². The van der Waals surface area contributed by atoms with E-state index in [4.69, 9.17) is 4.74 Å². The zero-order valence-electron chi connectivity index (χ0n) is 18.6. The highest BCUT2D eigenvalue weighted by molar-refractivity contribution is 6.08. The van der Waals surface area contributed by atoms with Crippen LogP contribution in [-0.4, -0.2) is 18.2 Å². The number of carbonyl (C=O) groups excluding carboxylic acids is 2. The molecule has 0 heterocycles. The molecule has 2 rings (SSSR count). The van der Waals surface area contributed by atoms with Crippen molar-refractivity contribution in [2.45, 2.75) is 78.1 Å². The zero-order chi connectivity index (χ0) is 21.6. The van der Waals surface area contributed by atoms with Gasteiger partial charge in [0.05, 0.1) is 13.0 Å². The minimum Gasteiger partial charge on any atom is -0.494 e. The Morgan fingerprint density at radius 2 is 1.27 bits per heavy atom. The Morgan fingerprint density at radius 3 is 1.87 bits per heavy atom. The highest BCUT2D eigenvalue weighted by atomic mass is 16.5. The average molecular weight is 409 g/mol. The van der Waals surface area contributed by atoms with Crippen molar-refractivity contribution < 1.29 is 14.3 Å². The molecule has 162 valence electrons. The van der Waals surface area contributed by atoms with Gasteiger partial charge in [0, 0.05) is 12.0 Å². The van der Waals surface area contributed by atoms with Crippen LogP contribution in [0.3, 0.4) is 0 Å². The van der Waals surface area contributed by atoms with Gasteiger partial charge in [-0.3, -0.25) is 9.59 Å². The van der Waals surface area contributed by atoms with E-state index in [0.717, 1.165) is 36.3 Å². The van der Waals surface area contributed by atoms with E-state index in [1.165, 1.54) is 38.5 Å². The summed E-state index contributed by atoms with van der Waals surface area (Å²) in [4.78, 5) is 23.9. The summed E-state index contributed by atoms with van der Waals surface area (Å²) in [6, 6.07) is 15.6. The predicted molar refractivity (Wildman–Crippen MR) is 124 cm³/mol. The predicted octanol–water partition coefficient (Wildman–Crippen LogP) is 7.43. The molecule has 2 aromatic carbocycles. The molecule has 30 heavy (non-hydrogen) atoms. The monoisotopic (exact) mass is 408 g/mol. The van der Waals surface area contributed by atoms with E-state index >= 15 is 0 Å². The molecule has 2 aromatic rings. The van der Waals surface area contributed by atoms with Gasteiger partial charge in [0.15, 0.2) is 5.78 Å². The lowest BCUT2D eigenvalue weighted by atomic mass is 10.00. The molecule has 0 aliphatic heterocycles. The number of ether oxygens (including phenoxy) is 1. The van der Waals surface area contributed by atoms with Crippen LogP contribution in [0, 0.1) is 0 Å². The van der Waals surface area contributed by atoms with Crippen LogP contribution in [0.2, 0.25) is 0 Å². The summed E-state index contributed by atoms with van der Waals surface area (Å²) in [5.41, 5.74) is 2.72. The van der Waals surface area contributed by atoms with Gasteiger partial charge in [0.25, 0.3) is 0 Å². The van der Waals surface area contributed by atoms with Crippen LogP contribution in [-0.2, 0) is 4.79 Å². The first-order chi connectivity index (χ1) is 14.6. The Bertz CT molecular complexity index is 760. The van der Waals surface area contributed by atoms with Crippen LogP contribution < -0.4 is 4.74 Å². The molecule has 0 aliphatic carbocycles. The van der Waals surface area contributed by atoms with E-state index in [-0.39, 0.29) is 18.0 Å². The molecule has 0 unspecified atom stereocenters. The van der Waals surface area contributed by atoms with Crippen LogP contribution in [0.25, 0.3) is 11.1 Å². The summed E-state index contributed by atoms with van der Waals surface area (Å²) < 4.78 is 5.86. The minimum absolute atomic E-state index is 0.00202. The molecular weight excluding hydrogens is 372 g/mol. The smallest absolute Gasteiger partial charge is 0.170 e. The van der Waals surface area contributed by atoms with Crippen LogP contribution in [0.1, 0.15) is 88.4 Å². The first-order valence-corrected chi connectivity index (χ1v) is 11.5. The van der Waals surface area contributed by atoms with Crippen molar-refractivity contribution in [2.75, 3.05) is 6.61 Å². The molecule has 0 atom stereocenters. The van der Waals surface area contributed by atoms with Crippen molar-refractivity contribution in [1.82, 2.24) is 0 Å². The van der Waals surface area contributed by atoms with Gasteiger partial charge >= 0.3 is 0 Å². The van der Waals surface area contributed by atoms with E-state index in [1.54, 1.807) is 0 Å². The Hall–Kier alpha value is -2.42. The van der Waals surface area contributed by atoms with Gasteiger partial charge in [0.1, 0.15) is 11.5 Å². The number of carbonyl (C=O) groups is 2. The quantitative estimate of drug-likeness (QED) is 0.175. The van der Waals surface area contributed by atoms with Crippen molar-refractivity contribution >= 4 is 11.6 Å². The molecule has 3 nitrogen and oxygen atoms in total. The number of Topliss-reactive ketones (excluding diaryl/α,β-unsaturated/α-hetero) is 2. The Labute approximate surface area is 181 Å². The van der Waals surface area contributed by atoms with Gasteiger partial charge in [-0.15, -0.1) is 0 Å². The van der Waals surface area contributed by atoms with E-state index < -0.39 is 0 Å². The van der Waals surface area contributed by atoms with Crippen LogP contribution in [0.5, 0.6) is 5.75 Å². The molecule has 0 N–H and O–H groups in total. The molecule has 0 amide bonds. The van der Waals surface area contributed by atoms with E-state index in [2.05, 4.69) is 6.92 Å². The summed E-state index contributed by atoms with van der Waals surface area (Å²) in [5.74, 6) is 0.804. The topological polar surface area (TPSA) is 43.4 Å². The van der Waals surface area contributed by atoms with E-state index in [0.29, 0.717) is 12.0 Å². The van der Waals surface area contributed by atoms with Crippen molar-refractivity contribution in [2.24, 2.45) is 0 Å². The largest absolute Gasteiger partial charge is 0.494 e. The molecule has 0 radical (unpaired) electrons. The first kappa shape index (κ1) is 23.9. The normalized spacial score (nSPS) is 10.7. The summed E-state index contributed by atoms with van der Waals surface area (Å²) in [6.45, 7) is 4.96. The SMILES string of the molecule is CCCCCCCCCOc1ccc(-c2ccc(C(=O)CC(=O)CCC)cc2)cc1. The fourth-order valence-electron chi connectivity index (χ4n) is 3.49. The number of unbranched alkanes of at least 4 members (excludes halogenated alkanes) is 6. The molecule has 0 saturated heterocycles. The summed E-state index contributed by atoms with van der Waals surface area (Å²) in [7, 11) is 0. The fraction of sp³-hybridized carbons (Fsp3) is 0.481. The molecular formula is C27H36O3. The third-order valence-corrected chi connectivity index (χ3v) is 5.30. The van der Waals surface area contributed by atoms with Crippen LogP contribution in [0.4, 0.5) is 0 Å². The second-order valence-electron chi connectivity index (χ2n) is 7.96. The number of benzene rings is 2. The fourth-order valence-corrected chi connectivity index (χ4v) is 3.49. The molecule has 0 bridgehead atoms. The van der Waals surface area contributed by atoms with Crippen LogP contribution in [0.15, 0.2) is 48.5 Å². The third-order valence-electron chi connectivity index (χ3n) is 5.30. The first-order valence-electron chi connectivity index (χ1n) is 11.5. The Kier molecular flexibility index (Phi) is 10.9. The maximum atomic E-state index is 12.2. The second kappa shape index (κ2) is 13.7. The van der Waals surface area contributed by atoms with Gasteiger partial charge in [0.2, 0.25) is 0 Å². The number of rotatable bonds is 15. The van der Waals surface area contributed by atoms with Gasteiger partial charge in [-0.2, -0.15) is 0 Å². The van der Waals surface area contributed by atoms with Crippen molar-refractivity contribution in [3.05, 3.63) is 54.1 Å². The van der Waals surface area contributed by atoms with Gasteiger partial charge in [-0.25, -0.2) is 0 Å². The molecule has 0 fully saturated rings. The maximum Gasteiger partial charge on any atom is 0.170 e. The van der Waals surface area contributed by atoms with Crippen molar-refractivity contribution in [3.63, 3.8) is 0 Å². The number of hydrogen-bond donors (Lipinski definition) is 0. The van der Waals surface area contributed by atoms with Gasteiger partial charge in [-0.05, 0) is 36.1 Å². The molecule has 3 heteroatoms. The Morgan fingerprint density at radius 1 is 0.700 bits per heavy atom. The lowest BCUT2D eigenvalue weighted by molar-refractivity contribution is -0.118. The van der Waals surface area contributed by atoms with E-state index in [1.807, 2.05) is 55.5 Å². The zero-order valence-corrected chi connectivity index (χ0v) is 18.6. The minimum atomic E-state index is -0.103. The lowest BCUT2D eigenvalue weighted by Gasteiger charge is -2.08. The lowest BCUT2D eigenvalue weighted by Crippen LogP contribution is -2.07. The maximum absolute atomic E-state index is 12.2. The summed E-state index contributed by atoms with van der Waals surface area (Å²) in [6.07, 6.45) is 10.2.